The second-order valence-corrected chi connectivity index (χ2v) is 4.97. The predicted octanol–water partition coefficient (Wildman–Crippen LogP) is 0.200. The van der Waals surface area contributed by atoms with Crippen LogP contribution in [0.2, 0.25) is 0 Å². The Labute approximate surface area is 112 Å². The summed E-state index contributed by atoms with van der Waals surface area (Å²) < 4.78 is 10.1. The van der Waals surface area contributed by atoms with Crippen LogP contribution in [0.4, 0.5) is 4.79 Å². The maximum atomic E-state index is 11.8. The number of carboxylic acid groups (broad SMARTS) is 1. The summed E-state index contributed by atoms with van der Waals surface area (Å²) in [6.45, 7) is 4.23. The highest BCUT2D eigenvalue weighted by atomic mass is 16.5. The number of urea groups is 1. The SMILES string of the molecule is CCC(COC)NC(=O)NC1COCC1(C)C(=O)O. The Kier molecular flexibility index (Phi) is 5.56. The number of ether oxygens (including phenoxy) is 2. The van der Waals surface area contributed by atoms with Crippen molar-refractivity contribution >= 4 is 12.0 Å². The number of hydrogen-bond acceptors (Lipinski definition) is 4. The summed E-state index contributed by atoms with van der Waals surface area (Å²) in [6, 6.07) is -1.03. The minimum atomic E-state index is -1.08. The zero-order chi connectivity index (χ0) is 14.5. The Hall–Kier alpha value is -1.34. The molecule has 0 aromatic rings. The molecule has 7 heteroatoms. The molecule has 3 unspecified atom stereocenters. The number of hydrogen-bond donors (Lipinski definition) is 3. The van der Waals surface area contributed by atoms with Crippen LogP contribution in [0.15, 0.2) is 0 Å². The van der Waals surface area contributed by atoms with Crippen LogP contribution in [0.1, 0.15) is 20.3 Å². The molecular weight excluding hydrogens is 252 g/mol. The summed E-state index contributed by atoms with van der Waals surface area (Å²) in [4.78, 5) is 23.1. The first-order chi connectivity index (χ1) is 8.93. The van der Waals surface area contributed by atoms with Crippen LogP contribution < -0.4 is 10.6 Å². The monoisotopic (exact) mass is 274 g/mol. The van der Waals surface area contributed by atoms with E-state index in [1.165, 1.54) is 0 Å². The number of rotatable bonds is 6. The second-order valence-electron chi connectivity index (χ2n) is 4.97. The van der Waals surface area contributed by atoms with E-state index in [9.17, 15) is 14.7 Å². The average Bonchev–Trinajstić information content (AvgIpc) is 2.71. The van der Waals surface area contributed by atoms with Gasteiger partial charge in [0.15, 0.2) is 0 Å². The van der Waals surface area contributed by atoms with Gasteiger partial charge in [0.2, 0.25) is 0 Å². The van der Waals surface area contributed by atoms with Crippen molar-refractivity contribution < 1.29 is 24.2 Å². The minimum absolute atomic E-state index is 0.0941. The smallest absolute Gasteiger partial charge is 0.315 e. The fourth-order valence-corrected chi connectivity index (χ4v) is 1.93. The molecule has 1 aliphatic rings. The minimum Gasteiger partial charge on any atom is -0.481 e. The van der Waals surface area contributed by atoms with Crippen LogP contribution in [-0.4, -0.2) is 56.1 Å². The van der Waals surface area contributed by atoms with E-state index in [0.717, 1.165) is 6.42 Å². The molecule has 19 heavy (non-hydrogen) atoms. The molecule has 1 fully saturated rings. The molecule has 1 saturated heterocycles. The Bertz CT molecular complexity index is 336. The summed E-state index contributed by atoms with van der Waals surface area (Å²) in [5.74, 6) is -0.973. The molecule has 0 aliphatic carbocycles. The lowest BCUT2D eigenvalue weighted by Gasteiger charge is -2.26. The lowest BCUT2D eigenvalue weighted by molar-refractivity contribution is -0.148. The van der Waals surface area contributed by atoms with Gasteiger partial charge in [-0.1, -0.05) is 6.92 Å². The first-order valence-corrected chi connectivity index (χ1v) is 6.31. The van der Waals surface area contributed by atoms with Crippen molar-refractivity contribution in [3.05, 3.63) is 0 Å². The molecule has 2 amide bonds. The van der Waals surface area contributed by atoms with Gasteiger partial charge in [-0.3, -0.25) is 4.79 Å². The number of carbonyl (C=O) groups is 2. The van der Waals surface area contributed by atoms with Crippen molar-refractivity contribution in [3.63, 3.8) is 0 Å². The third-order valence-corrected chi connectivity index (χ3v) is 3.45. The number of methoxy groups -OCH3 is 1. The summed E-state index contributed by atoms with van der Waals surface area (Å²) in [5, 5.41) is 14.6. The van der Waals surface area contributed by atoms with Gasteiger partial charge < -0.3 is 25.2 Å². The third-order valence-electron chi connectivity index (χ3n) is 3.45. The largest absolute Gasteiger partial charge is 0.481 e. The Morgan fingerprint density at radius 1 is 1.58 bits per heavy atom. The lowest BCUT2D eigenvalue weighted by atomic mass is 9.85. The van der Waals surface area contributed by atoms with Crippen molar-refractivity contribution in [1.29, 1.82) is 0 Å². The summed E-state index contributed by atoms with van der Waals surface area (Å²) in [5.41, 5.74) is -1.08. The van der Waals surface area contributed by atoms with E-state index >= 15 is 0 Å². The van der Waals surface area contributed by atoms with Gasteiger partial charge in [0, 0.05) is 7.11 Å². The maximum absolute atomic E-state index is 11.8. The van der Waals surface area contributed by atoms with Gasteiger partial charge in [0.05, 0.1) is 31.9 Å². The molecule has 1 aliphatic heterocycles. The topological polar surface area (TPSA) is 96.9 Å². The molecule has 3 N–H and O–H groups in total. The number of carbonyl (C=O) groups excluding carboxylic acids is 1. The highest BCUT2D eigenvalue weighted by molar-refractivity contribution is 5.79. The lowest BCUT2D eigenvalue weighted by Crippen LogP contribution is -2.54. The number of amides is 2. The standard InChI is InChI=1S/C12H22N2O5/c1-4-8(5-18-3)13-11(17)14-9-6-19-7-12(9,2)10(15)16/h8-9H,4-7H2,1-3H3,(H,15,16)(H2,13,14,17). The molecule has 0 aromatic heterocycles. The first-order valence-electron chi connectivity index (χ1n) is 6.31. The molecular formula is C12H22N2O5. The molecule has 0 bridgehead atoms. The molecule has 0 spiro atoms. The van der Waals surface area contributed by atoms with Crippen LogP contribution in [0.25, 0.3) is 0 Å². The first kappa shape index (κ1) is 15.7. The highest BCUT2D eigenvalue weighted by Crippen LogP contribution is 2.28. The Morgan fingerprint density at radius 3 is 2.79 bits per heavy atom. The van der Waals surface area contributed by atoms with E-state index in [2.05, 4.69) is 10.6 Å². The van der Waals surface area contributed by atoms with Gasteiger partial charge in [0.1, 0.15) is 5.41 Å². The predicted molar refractivity (Wildman–Crippen MR) is 68.0 cm³/mol. The van der Waals surface area contributed by atoms with Gasteiger partial charge >= 0.3 is 12.0 Å². The molecule has 1 rings (SSSR count). The highest BCUT2D eigenvalue weighted by Gasteiger charge is 2.47. The normalized spacial score (nSPS) is 27.8. The number of carboxylic acids is 1. The van der Waals surface area contributed by atoms with Crippen molar-refractivity contribution in [2.45, 2.75) is 32.4 Å². The second kappa shape index (κ2) is 6.72. The van der Waals surface area contributed by atoms with Crippen molar-refractivity contribution in [3.8, 4) is 0 Å². The van der Waals surface area contributed by atoms with Gasteiger partial charge in [-0.25, -0.2) is 4.79 Å². The average molecular weight is 274 g/mol. The van der Waals surface area contributed by atoms with Crippen molar-refractivity contribution in [2.24, 2.45) is 5.41 Å². The molecule has 110 valence electrons. The zero-order valence-electron chi connectivity index (χ0n) is 11.6. The van der Waals surface area contributed by atoms with E-state index in [0.29, 0.717) is 6.61 Å². The van der Waals surface area contributed by atoms with E-state index in [1.807, 2.05) is 6.92 Å². The van der Waals surface area contributed by atoms with Crippen LogP contribution in [0, 0.1) is 5.41 Å². The molecule has 0 radical (unpaired) electrons. The van der Waals surface area contributed by atoms with Crippen molar-refractivity contribution in [2.75, 3.05) is 26.9 Å². The van der Waals surface area contributed by atoms with Crippen molar-refractivity contribution in [1.82, 2.24) is 10.6 Å². The summed E-state index contributed by atoms with van der Waals surface area (Å²) in [7, 11) is 1.56. The van der Waals surface area contributed by atoms with Crippen LogP contribution in [0.5, 0.6) is 0 Å². The Balaban J connectivity index is 2.54. The Morgan fingerprint density at radius 2 is 2.26 bits per heavy atom. The number of aliphatic carboxylic acids is 1. The van der Waals surface area contributed by atoms with Crippen LogP contribution in [0.3, 0.4) is 0 Å². The van der Waals surface area contributed by atoms with Gasteiger partial charge in [-0.05, 0) is 13.3 Å². The van der Waals surface area contributed by atoms with E-state index in [-0.39, 0.29) is 19.3 Å². The zero-order valence-corrected chi connectivity index (χ0v) is 11.6. The molecule has 7 nitrogen and oxygen atoms in total. The molecule has 3 atom stereocenters. The fourth-order valence-electron chi connectivity index (χ4n) is 1.93. The molecule has 0 aromatic carbocycles. The molecule has 0 saturated carbocycles. The van der Waals surface area contributed by atoms with Crippen LogP contribution in [-0.2, 0) is 14.3 Å². The summed E-state index contributed by atoms with van der Waals surface area (Å²) >= 11 is 0. The van der Waals surface area contributed by atoms with Crippen LogP contribution >= 0.6 is 0 Å². The summed E-state index contributed by atoms with van der Waals surface area (Å²) in [6.07, 6.45) is 0.735. The van der Waals surface area contributed by atoms with Gasteiger partial charge in [-0.2, -0.15) is 0 Å². The fraction of sp³-hybridized carbons (Fsp3) is 0.833. The number of nitrogens with one attached hydrogen (secondary N) is 2. The maximum Gasteiger partial charge on any atom is 0.315 e. The van der Waals surface area contributed by atoms with Gasteiger partial charge in [0.25, 0.3) is 0 Å². The van der Waals surface area contributed by atoms with E-state index in [1.54, 1.807) is 14.0 Å². The van der Waals surface area contributed by atoms with E-state index < -0.39 is 23.5 Å². The van der Waals surface area contributed by atoms with E-state index in [4.69, 9.17) is 9.47 Å². The van der Waals surface area contributed by atoms with Gasteiger partial charge in [-0.15, -0.1) is 0 Å². The third kappa shape index (κ3) is 3.81. The quantitative estimate of drug-likeness (QED) is 0.643. The molecule has 1 heterocycles.